The number of hydrogen-bond donors (Lipinski definition) is 0. The minimum Gasteiger partial charge on any atom is -0.545 e. The molecule has 0 heterocycles. The molecular weight excluding hydrogens is 1010 g/mol. The third-order valence-corrected chi connectivity index (χ3v) is 13.1. The topological polar surface area (TPSA) is 111 Å². The van der Waals surface area contributed by atoms with E-state index in [2.05, 4.69) is 160 Å². The third-order valence-electron chi connectivity index (χ3n) is 13.1. The van der Waals surface area contributed by atoms with Crippen LogP contribution in [0.25, 0.3) is 0 Å². The molecule has 0 aliphatic rings. The number of esters is 2. The molecule has 0 aliphatic heterocycles. The van der Waals surface area contributed by atoms with Crippen molar-refractivity contribution in [3.8, 4) is 0 Å². The number of unbranched alkanes of at least 4 members (excludes halogenated alkanes) is 18. The predicted octanol–water partition coefficient (Wildman–Crippen LogP) is 18.2. The number of carbonyl (C=O) groups is 3. The Morgan fingerprint density at radius 1 is 0.383 bits per heavy atom. The zero-order chi connectivity index (χ0) is 59.1. The molecule has 2 atom stereocenters. The summed E-state index contributed by atoms with van der Waals surface area (Å²) in [6, 6.07) is 0. The van der Waals surface area contributed by atoms with E-state index < -0.39 is 24.3 Å². The Labute approximate surface area is 496 Å². The number of carboxylic acid groups (broad SMARTS) is 1. The fourth-order valence-electron chi connectivity index (χ4n) is 8.18. The molecule has 0 N–H and O–H groups in total. The summed E-state index contributed by atoms with van der Waals surface area (Å²) in [6.45, 7) is 4.57. The first-order chi connectivity index (χ1) is 39.6. The van der Waals surface area contributed by atoms with E-state index in [9.17, 15) is 19.5 Å². The predicted molar refractivity (Wildman–Crippen MR) is 342 cm³/mol. The molecule has 0 amide bonds. The molecule has 81 heavy (non-hydrogen) atoms. The largest absolute Gasteiger partial charge is 0.545 e. The van der Waals surface area contributed by atoms with Gasteiger partial charge >= 0.3 is 11.9 Å². The monoisotopic (exact) mass is 1120 g/mol. The number of quaternary nitrogens is 1. The highest BCUT2D eigenvalue weighted by molar-refractivity contribution is 5.70. The summed E-state index contributed by atoms with van der Waals surface area (Å²) in [5.74, 6) is -2.32. The van der Waals surface area contributed by atoms with E-state index in [1.165, 1.54) is 64.2 Å². The summed E-state index contributed by atoms with van der Waals surface area (Å²) in [4.78, 5) is 37.3. The van der Waals surface area contributed by atoms with Crippen LogP contribution in [0.2, 0.25) is 0 Å². The van der Waals surface area contributed by atoms with E-state index >= 15 is 0 Å². The number of aliphatic carboxylic acids is 1. The van der Waals surface area contributed by atoms with E-state index in [0.29, 0.717) is 17.4 Å². The van der Waals surface area contributed by atoms with Gasteiger partial charge in [0.05, 0.1) is 40.3 Å². The standard InChI is InChI=1S/C72H117NO8/c1-6-8-10-12-14-16-18-20-22-23-24-25-26-27-28-29-30-31-32-33-34-35-36-37-38-39-40-41-42-43-44-45-46-47-49-51-53-55-57-59-61-63-70(75)81-68(67-80-72(71(76)77)78-65-64-73(3,4)5)66-79-69(74)62-60-58-56-54-52-50-48-21-19-17-15-13-11-9-7-2/h8,10,14-17,20-22,24-25,27-28,30-31,33-34,36-37,39-40,42-43,48,68,72H,6-7,9,11-13,18-19,23,26,29,32,35,38,41,44-47,49-67H2,1-5H3/b10-8-,16-14-,17-15-,22-20-,25-24-,28-27-,31-30-,34-33-,37-36-,40-39-,43-42-,48-21-. The fourth-order valence-corrected chi connectivity index (χ4v) is 8.18. The SMILES string of the molecule is CC/C=C\C/C=C\C/C=C\C/C=C\C/C=C\C/C=C\C/C=C\C/C=C\C/C=C\C/C=C\CCCCCCCCCCCCC(=O)OC(COC(=O)CCCCCCC/C=C\C/C=C\CCCCC)COC(OCC[N+](C)(C)C)C(=O)[O-]. The molecule has 2 unspecified atom stereocenters. The maximum Gasteiger partial charge on any atom is 0.306 e. The van der Waals surface area contributed by atoms with Crippen molar-refractivity contribution in [3.63, 3.8) is 0 Å². The first kappa shape index (κ1) is 76.2. The highest BCUT2D eigenvalue weighted by Gasteiger charge is 2.22. The molecule has 0 aromatic rings. The number of allylic oxidation sites excluding steroid dienone is 24. The van der Waals surface area contributed by atoms with Gasteiger partial charge in [-0.05, 0) is 122 Å². The molecule has 0 radical (unpaired) electrons. The summed E-state index contributed by atoms with van der Waals surface area (Å²) in [5.41, 5.74) is 0. The van der Waals surface area contributed by atoms with E-state index in [4.69, 9.17) is 18.9 Å². The van der Waals surface area contributed by atoms with E-state index in [1.807, 2.05) is 21.1 Å². The van der Waals surface area contributed by atoms with Gasteiger partial charge < -0.3 is 33.3 Å². The van der Waals surface area contributed by atoms with Crippen molar-refractivity contribution in [3.05, 3.63) is 146 Å². The Morgan fingerprint density at radius 3 is 1.05 bits per heavy atom. The van der Waals surface area contributed by atoms with Crippen LogP contribution in [0.4, 0.5) is 0 Å². The van der Waals surface area contributed by atoms with Gasteiger partial charge in [0.2, 0.25) is 0 Å². The smallest absolute Gasteiger partial charge is 0.306 e. The average molecular weight is 1120 g/mol. The van der Waals surface area contributed by atoms with Crippen molar-refractivity contribution < 1.29 is 42.9 Å². The van der Waals surface area contributed by atoms with Crippen LogP contribution in [0, 0.1) is 0 Å². The normalized spacial score (nSPS) is 13.7. The zero-order valence-electron chi connectivity index (χ0n) is 52.1. The molecule has 458 valence electrons. The number of nitrogens with zero attached hydrogens (tertiary/aromatic N) is 1. The number of ether oxygens (including phenoxy) is 4. The van der Waals surface area contributed by atoms with Crippen molar-refractivity contribution in [2.45, 2.75) is 245 Å². The van der Waals surface area contributed by atoms with Crippen molar-refractivity contribution in [1.82, 2.24) is 0 Å². The van der Waals surface area contributed by atoms with Gasteiger partial charge in [0, 0.05) is 12.8 Å². The van der Waals surface area contributed by atoms with Crippen LogP contribution in [0.15, 0.2) is 146 Å². The second kappa shape index (κ2) is 61.2. The van der Waals surface area contributed by atoms with Gasteiger partial charge in [0.25, 0.3) is 0 Å². The lowest BCUT2D eigenvalue weighted by molar-refractivity contribution is -0.870. The van der Waals surface area contributed by atoms with Gasteiger partial charge in [-0.1, -0.05) is 243 Å². The summed E-state index contributed by atoms with van der Waals surface area (Å²) >= 11 is 0. The summed E-state index contributed by atoms with van der Waals surface area (Å²) < 4.78 is 22.7. The van der Waals surface area contributed by atoms with Gasteiger partial charge in [-0.25, -0.2) is 0 Å². The van der Waals surface area contributed by atoms with Crippen molar-refractivity contribution >= 4 is 17.9 Å². The molecule has 0 fully saturated rings. The maximum absolute atomic E-state index is 12.9. The van der Waals surface area contributed by atoms with Crippen molar-refractivity contribution in [2.75, 3.05) is 47.5 Å². The van der Waals surface area contributed by atoms with Gasteiger partial charge in [0.15, 0.2) is 12.4 Å². The van der Waals surface area contributed by atoms with E-state index in [1.54, 1.807) is 0 Å². The lowest BCUT2D eigenvalue weighted by Gasteiger charge is -2.26. The van der Waals surface area contributed by atoms with E-state index in [-0.39, 0.29) is 38.6 Å². The van der Waals surface area contributed by atoms with Crippen LogP contribution in [0.1, 0.15) is 232 Å². The molecule has 9 heteroatoms. The summed E-state index contributed by atoms with van der Waals surface area (Å²) in [6.07, 6.45) is 86.3. The second-order valence-corrected chi connectivity index (χ2v) is 22.0. The molecule has 0 aromatic carbocycles. The molecule has 0 rings (SSSR count). The van der Waals surface area contributed by atoms with Crippen LogP contribution < -0.4 is 5.11 Å². The maximum atomic E-state index is 12.9. The summed E-state index contributed by atoms with van der Waals surface area (Å²) in [5, 5.41) is 11.8. The first-order valence-electron chi connectivity index (χ1n) is 32.0. The van der Waals surface area contributed by atoms with Gasteiger partial charge in [-0.3, -0.25) is 9.59 Å². The molecule has 0 aliphatic carbocycles. The lowest BCUT2D eigenvalue weighted by Crippen LogP contribution is -2.44. The van der Waals surface area contributed by atoms with Gasteiger partial charge in [-0.15, -0.1) is 0 Å². The minimum atomic E-state index is -1.63. The van der Waals surface area contributed by atoms with Gasteiger partial charge in [0.1, 0.15) is 13.2 Å². The van der Waals surface area contributed by atoms with Crippen molar-refractivity contribution in [1.29, 1.82) is 0 Å². The third kappa shape index (κ3) is 62.6. The highest BCUT2D eigenvalue weighted by Crippen LogP contribution is 2.15. The average Bonchev–Trinajstić information content (AvgIpc) is 3.44. The molecule has 0 aromatic heterocycles. The molecule has 0 bridgehead atoms. The number of rotatable bonds is 57. The number of carboxylic acids is 1. The van der Waals surface area contributed by atoms with Crippen LogP contribution in [-0.4, -0.2) is 82.3 Å². The Hall–Kier alpha value is -4.83. The number of hydrogen-bond acceptors (Lipinski definition) is 8. The Bertz CT molecular complexity index is 1840. The van der Waals surface area contributed by atoms with E-state index in [0.717, 1.165) is 135 Å². The number of likely N-dealkylation sites (N-methyl/N-ethyl adjacent to an activating group) is 1. The molecule has 9 nitrogen and oxygen atoms in total. The van der Waals surface area contributed by atoms with Crippen LogP contribution in [-0.2, 0) is 33.3 Å². The second-order valence-electron chi connectivity index (χ2n) is 22.0. The zero-order valence-corrected chi connectivity index (χ0v) is 52.1. The van der Waals surface area contributed by atoms with Crippen LogP contribution in [0.5, 0.6) is 0 Å². The van der Waals surface area contributed by atoms with Crippen LogP contribution in [0.3, 0.4) is 0 Å². The Balaban J connectivity index is 4.15. The fraction of sp³-hybridized carbons (Fsp3) is 0.625. The number of carbonyl (C=O) groups excluding carboxylic acids is 3. The molecule has 0 saturated carbocycles. The first-order valence-corrected chi connectivity index (χ1v) is 32.0. The summed E-state index contributed by atoms with van der Waals surface area (Å²) in [7, 11) is 5.91. The van der Waals surface area contributed by atoms with Crippen molar-refractivity contribution in [2.24, 2.45) is 0 Å². The quantitative estimate of drug-likeness (QED) is 0.0195. The highest BCUT2D eigenvalue weighted by atomic mass is 16.7. The molecule has 0 spiro atoms. The van der Waals surface area contributed by atoms with Crippen LogP contribution >= 0.6 is 0 Å². The molecular formula is C72H117NO8. The van der Waals surface area contributed by atoms with Gasteiger partial charge in [-0.2, -0.15) is 0 Å². The lowest BCUT2D eigenvalue weighted by atomic mass is 10.0. The molecule has 0 saturated heterocycles. The Morgan fingerprint density at radius 2 is 0.704 bits per heavy atom. The Kier molecular flexibility index (Phi) is 57.6. The minimum absolute atomic E-state index is 0.138.